The summed E-state index contributed by atoms with van der Waals surface area (Å²) in [6, 6.07) is 7.87. The fourth-order valence-corrected chi connectivity index (χ4v) is 2.22. The van der Waals surface area contributed by atoms with Crippen LogP contribution in [0.5, 0.6) is 11.5 Å². The monoisotopic (exact) mass is 355 g/mol. The lowest BCUT2D eigenvalue weighted by atomic mass is 10.1. The van der Waals surface area contributed by atoms with E-state index < -0.39 is 4.92 Å². The molecule has 2 aromatic carbocycles. The molecule has 0 saturated heterocycles. The van der Waals surface area contributed by atoms with E-state index in [9.17, 15) is 10.1 Å². The first-order valence-electron chi connectivity index (χ1n) is 5.77. The minimum absolute atomic E-state index is 0.0643. The number of rotatable bonds is 3. The van der Waals surface area contributed by atoms with E-state index in [1.165, 1.54) is 18.2 Å². The zero-order valence-electron chi connectivity index (χ0n) is 10.8. The van der Waals surface area contributed by atoms with E-state index in [4.69, 9.17) is 16.3 Å². The molecule has 4 nitrogen and oxygen atoms in total. The molecule has 104 valence electrons. The third-order valence-corrected chi connectivity index (χ3v) is 4.31. The highest BCUT2D eigenvalue weighted by Gasteiger charge is 2.12. The van der Waals surface area contributed by atoms with Crippen molar-refractivity contribution < 1.29 is 9.66 Å². The van der Waals surface area contributed by atoms with Crippen LogP contribution in [0.4, 0.5) is 5.69 Å². The van der Waals surface area contributed by atoms with Crippen LogP contribution in [0, 0.1) is 24.0 Å². The number of hydrogen-bond donors (Lipinski definition) is 0. The fraction of sp³-hybridized carbons (Fsp3) is 0.143. The number of nitrogens with zero attached hydrogens (tertiary/aromatic N) is 1. The SMILES string of the molecule is Cc1cc(Oc2ccc([N+](=O)[O-])cc2Cl)cc(C)c1Br. The van der Waals surface area contributed by atoms with E-state index >= 15 is 0 Å². The Kier molecular flexibility index (Phi) is 4.30. The third kappa shape index (κ3) is 3.11. The van der Waals surface area contributed by atoms with Crippen molar-refractivity contribution in [3.63, 3.8) is 0 Å². The fourth-order valence-electron chi connectivity index (χ4n) is 1.78. The van der Waals surface area contributed by atoms with E-state index in [1.807, 2.05) is 26.0 Å². The Hall–Kier alpha value is -1.59. The number of nitro benzene ring substituents is 1. The van der Waals surface area contributed by atoms with Crippen LogP contribution in [-0.2, 0) is 0 Å². The molecule has 0 atom stereocenters. The van der Waals surface area contributed by atoms with E-state index in [0.717, 1.165) is 15.6 Å². The molecule has 2 aromatic rings. The molecular weight excluding hydrogens is 346 g/mol. The van der Waals surface area contributed by atoms with Crippen LogP contribution < -0.4 is 4.74 Å². The van der Waals surface area contributed by atoms with Gasteiger partial charge in [0.15, 0.2) is 0 Å². The minimum atomic E-state index is -0.496. The number of benzene rings is 2. The Morgan fingerprint density at radius 1 is 1.20 bits per heavy atom. The first-order chi connectivity index (χ1) is 9.38. The summed E-state index contributed by atoms with van der Waals surface area (Å²) in [4.78, 5) is 10.2. The van der Waals surface area contributed by atoms with Crippen LogP contribution in [0.2, 0.25) is 5.02 Å². The summed E-state index contributed by atoms with van der Waals surface area (Å²) in [5.74, 6) is 1.03. The van der Waals surface area contributed by atoms with Crippen molar-refractivity contribution in [1.29, 1.82) is 0 Å². The van der Waals surface area contributed by atoms with E-state index in [2.05, 4.69) is 15.9 Å². The second kappa shape index (κ2) is 5.81. The summed E-state index contributed by atoms with van der Waals surface area (Å²) < 4.78 is 6.71. The summed E-state index contributed by atoms with van der Waals surface area (Å²) in [6.07, 6.45) is 0. The molecular formula is C14H11BrClNO3. The molecule has 0 aromatic heterocycles. The average Bonchev–Trinajstić information content (AvgIpc) is 2.38. The summed E-state index contributed by atoms with van der Waals surface area (Å²) >= 11 is 9.48. The predicted octanol–water partition coefficient (Wildman–Crippen LogP) is 5.42. The molecule has 0 N–H and O–H groups in total. The Morgan fingerprint density at radius 3 is 2.30 bits per heavy atom. The largest absolute Gasteiger partial charge is 0.456 e. The molecule has 0 aliphatic heterocycles. The molecule has 0 saturated carbocycles. The van der Waals surface area contributed by atoms with Crippen molar-refractivity contribution in [3.05, 3.63) is 61.1 Å². The molecule has 2 rings (SSSR count). The van der Waals surface area contributed by atoms with Crippen LogP contribution in [0.3, 0.4) is 0 Å². The van der Waals surface area contributed by atoms with Gasteiger partial charge in [0.25, 0.3) is 5.69 Å². The van der Waals surface area contributed by atoms with Crippen molar-refractivity contribution in [2.24, 2.45) is 0 Å². The first-order valence-corrected chi connectivity index (χ1v) is 6.94. The predicted molar refractivity (Wildman–Crippen MR) is 81.8 cm³/mol. The number of aryl methyl sites for hydroxylation is 2. The van der Waals surface area contributed by atoms with Gasteiger partial charge < -0.3 is 4.74 Å². The van der Waals surface area contributed by atoms with Gasteiger partial charge in [-0.1, -0.05) is 27.5 Å². The van der Waals surface area contributed by atoms with Gasteiger partial charge in [-0.15, -0.1) is 0 Å². The topological polar surface area (TPSA) is 52.4 Å². The van der Waals surface area contributed by atoms with Crippen LogP contribution in [0.25, 0.3) is 0 Å². The highest BCUT2D eigenvalue weighted by Crippen LogP contribution is 2.34. The van der Waals surface area contributed by atoms with Crippen molar-refractivity contribution in [3.8, 4) is 11.5 Å². The normalized spacial score (nSPS) is 10.4. The van der Waals surface area contributed by atoms with Gasteiger partial charge in [0.1, 0.15) is 11.5 Å². The van der Waals surface area contributed by atoms with E-state index in [-0.39, 0.29) is 10.7 Å². The molecule has 0 aliphatic carbocycles. The number of halogens is 2. The van der Waals surface area contributed by atoms with Gasteiger partial charge in [-0.25, -0.2) is 0 Å². The van der Waals surface area contributed by atoms with Crippen molar-refractivity contribution in [2.45, 2.75) is 13.8 Å². The molecule has 0 spiro atoms. The second-order valence-corrected chi connectivity index (χ2v) is 5.55. The number of hydrogen-bond acceptors (Lipinski definition) is 3. The van der Waals surface area contributed by atoms with Gasteiger partial charge in [-0.3, -0.25) is 10.1 Å². The lowest BCUT2D eigenvalue weighted by Crippen LogP contribution is -1.91. The van der Waals surface area contributed by atoms with E-state index in [0.29, 0.717) is 11.5 Å². The Bertz CT molecular complexity index is 665. The maximum Gasteiger partial charge on any atom is 0.271 e. The van der Waals surface area contributed by atoms with Crippen LogP contribution >= 0.6 is 27.5 Å². The summed E-state index contributed by atoms with van der Waals surface area (Å²) in [7, 11) is 0. The highest BCUT2D eigenvalue weighted by atomic mass is 79.9. The quantitative estimate of drug-likeness (QED) is 0.545. The van der Waals surface area contributed by atoms with Gasteiger partial charge in [0, 0.05) is 16.6 Å². The number of ether oxygens (including phenoxy) is 1. The van der Waals surface area contributed by atoms with Crippen molar-refractivity contribution in [2.75, 3.05) is 0 Å². The molecule has 0 unspecified atom stereocenters. The summed E-state index contributed by atoms with van der Waals surface area (Å²) in [5, 5.41) is 10.9. The maximum absolute atomic E-state index is 10.7. The van der Waals surface area contributed by atoms with Crippen molar-refractivity contribution >= 4 is 33.2 Å². The van der Waals surface area contributed by atoms with Gasteiger partial charge in [-0.2, -0.15) is 0 Å². The molecule has 0 aliphatic rings. The minimum Gasteiger partial charge on any atom is -0.456 e. The third-order valence-electron chi connectivity index (χ3n) is 2.76. The molecule has 0 amide bonds. The average molecular weight is 357 g/mol. The molecule has 0 fully saturated rings. The molecule has 0 bridgehead atoms. The Balaban J connectivity index is 2.33. The molecule has 20 heavy (non-hydrogen) atoms. The van der Waals surface area contributed by atoms with Gasteiger partial charge >= 0.3 is 0 Å². The number of nitro groups is 1. The van der Waals surface area contributed by atoms with Gasteiger partial charge in [0.2, 0.25) is 0 Å². The molecule has 0 heterocycles. The number of non-ortho nitro benzene ring substituents is 1. The Morgan fingerprint density at radius 2 is 1.80 bits per heavy atom. The zero-order chi connectivity index (χ0) is 14.9. The van der Waals surface area contributed by atoms with Crippen LogP contribution in [0.1, 0.15) is 11.1 Å². The smallest absolute Gasteiger partial charge is 0.271 e. The standard InChI is InChI=1S/C14H11BrClNO3/c1-8-5-11(6-9(2)14(8)15)20-13-4-3-10(17(18)19)7-12(13)16/h3-7H,1-2H3. The van der Waals surface area contributed by atoms with Crippen LogP contribution in [-0.4, -0.2) is 4.92 Å². The highest BCUT2D eigenvalue weighted by molar-refractivity contribution is 9.10. The first kappa shape index (κ1) is 14.8. The van der Waals surface area contributed by atoms with Gasteiger partial charge in [-0.05, 0) is 43.2 Å². The lowest BCUT2D eigenvalue weighted by molar-refractivity contribution is -0.384. The van der Waals surface area contributed by atoms with Gasteiger partial charge in [0.05, 0.1) is 9.95 Å². The zero-order valence-corrected chi connectivity index (χ0v) is 13.2. The Labute approximate surface area is 129 Å². The summed E-state index contributed by atoms with van der Waals surface area (Å²) in [6.45, 7) is 3.92. The van der Waals surface area contributed by atoms with Crippen molar-refractivity contribution in [1.82, 2.24) is 0 Å². The molecule has 6 heteroatoms. The lowest BCUT2D eigenvalue weighted by Gasteiger charge is -2.10. The second-order valence-electron chi connectivity index (χ2n) is 4.34. The van der Waals surface area contributed by atoms with Crippen LogP contribution in [0.15, 0.2) is 34.8 Å². The van der Waals surface area contributed by atoms with E-state index in [1.54, 1.807) is 0 Å². The molecule has 0 radical (unpaired) electrons. The maximum atomic E-state index is 10.7. The summed E-state index contributed by atoms with van der Waals surface area (Å²) in [5.41, 5.74) is 2.02.